The van der Waals surface area contributed by atoms with Gasteiger partial charge in [-0.05, 0) is 32.0 Å². The molecule has 3 aromatic rings. The Morgan fingerprint density at radius 3 is 2.90 bits per heavy atom. The molecule has 4 nitrogen and oxygen atoms in total. The number of anilines is 1. The topological polar surface area (TPSA) is 47.0 Å². The van der Waals surface area contributed by atoms with E-state index in [1.165, 1.54) is 0 Å². The highest BCUT2D eigenvalue weighted by molar-refractivity contribution is 5.84. The molecule has 3 rings (SSSR count). The predicted octanol–water partition coefficient (Wildman–Crippen LogP) is 4.16. The minimum absolute atomic E-state index is 0.747. The average molecular weight is 279 g/mol. The normalized spacial score (nSPS) is 10.6. The Morgan fingerprint density at radius 1 is 1.14 bits per heavy atom. The lowest BCUT2D eigenvalue weighted by molar-refractivity contribution is 0.486. The summed E-state index contributed by atoms with van der Waals surface area (Å²) in [5, 5.41) is 4.24. The lowest BCUT2D eigenvalue weighted by atomic mass is 10.2. The van der Waals surface area contributed by atoms with Gasteiger partial charge in [-0.15, -0.1) is 0 Å². The second-order valence-electron chi connectivity index (χ2n) is 4.79. The zero-order chi connectivity index (χ0) is 14.7. The number of ether oxygens (including phenoxy) is 1. The minimum Gasteiger partial charge on any atom is -0.455 e. The molecule has 4 heteroatoms. The number of fused-ring (bicyclic) bond motifs is 1. The molecule has 106 valence electrons. The summed E-state index contributed by atoms with van der Waals surface area (Å²) >= 11 is 0. The lowest BCUT2D eigenvalue weighted by Gasteiger charge is -2.10. The van der Waals surface area contributed by atoms with E-state index >= 15 is 0 Å². The molecule has 0 spiro atoms. The Kier molecular flexibility index (Phi) is 3.69. The van der Waals surface area contributed by atoms with Crippen molar-refractivity contribution < 1.29 is 4.74 Å². The number of aryl methyl sites for hydroxylation is 1. The Morgan fingerprint density at radius 2 is 2.05 bits per heavy atom. The average Bonchev–Trinajstić information content (AvgIpc) is 2.49. The van der Waals surface area contributed by atoms with Crippen molar-refractivity contribution in [1.82, 2.24) is 9.97 Å². The van der Waals surface area contributed by atoms with Gasteiger partial charge in [-0.3, -0.25) is 0 Å². The van der Waals surface area contributed by atoms with Crippen LogP contribution in [0.25, 0.3) is 10.9 Å². The van der Waals surface area contributed by atoms with Crippen molar-refractivity contribution in [2.45, 2.75) is 13.8 Å². The zero-order valence-electron chi connectivity index (χ0n) is 12.1. The van der Waals surface area contributed by atoms with E-state index in [1.807, 2.05) is 50.2 Å². The summed E-state index contributed by atoms with van der Waals surface area (Å²) in [7, 11) is 0. The smallest absolute Gasteiger partial charge is 0.153 e. The number of pyridine rings is 2. The van der Waals surface area contributed by atoms with Gasteiger partial charge in [0, 0.05) is 29.9 Å². The Bertz CT molecular complexity index is 771. The van der Waals surface area contributed by atoms with E-state index in [0.29, 0.717) is 0 Å². The number of nitrogens with zero attached hydrogens (tertiary/aromatic N) is 2. The third-order valence-electron chi connectivity index (χ3n) is 3.14. The summed E-state index contributed by atoms with van der Waals surface area (Å²) in [6.45, 7) is 4.84. The van der Waals surface area contributed by atoms with Gasteiger partial charge < -0.3 is 10.1 Å². The van der Waals surface area contributed by atoms with Gasteiger partial charge in [0.25, 0.3) is 0 Å². The Labute approximate surface area is 123 Å². The van der Waals surface area contributed by atoms with Crippen molar-refractivity contribution in [1.29, 1.82) is 0 Å². The molecule has 0 bridgehead atoms. The monoisotopic (exact) mass is 279 g/mol. The number of hydrogen-bond donors (Lipinski definition) is 1. The van der Waals surface area contributed by atoms with E-state index < -0.39 is 0 Å². The first-order valence-corrected chi connectivity index (χ1v) is 7.00. The van der Waals surface area contributed by atoms with Gasteiger partial charge in [-0.25, -0.2) is 9.97 Å². The van der Waals surface area contributed by atoms with Crippen LogP contribution in [-0.4, -0.2) is 16.5 Å². The van der Waals surface area contributed by atoms with Gasteiger partial charge in [-0.1, -0.05) is 18.2 Å². The summed E-state index contributed by atoms with van der Waals surface area (Å²) in [5.74, 6) is 2.31. The highest BCUT2D eigenvalue weighted by Gasteiger charge is 2.06. The summed E-state index contributed by atoms with van der Waals surface area (Å²) in [4.78, 5) is 8.81. The maximum Gasteiger partial charge on any atom is 0.153 e. The Hall–Kier alpha value is -2.62. The molecule has 0 aliphatic carbocycles. The van der Waals surface area contributed by atoms with E-state index in [0.717, 1.165) is 40.5 Å². The van der Waals surface area contributed by atoms with Crippen LogP contribution in [0.4, 0.5) is 5.82 Å². The molecule has 2 aromatic heterocycles. The summed E-state index contributed by atoms with van der Waals surface area (Å²) in [6.07, 6.45) is 1.73. The van der Waals surface area contributed by atoms with Crippen LogP contribution in [0.2, 0.25) is 0 Å². The largest absolute Gasteiger partial charge is 0.455 e. The second kappa shape index (κ2) is 5.79. The van der Waals surface area contributed by atoms with Gasteiger partial charge in [0.1, 0.15) is 17.1 Å². The molecule has 0 aliphatic rings. The molecule has 0 aliphatic heterocycles. The SMILES string of the molecule is CCNc1cc(Oc2cccc3ccc(C)nc23)ccn1. The summed E-state index contributed by atoms with van der Waals surface area (Å²) in [5.41, 5.74) is 1.85. The van der Waals surface area contributed by atoms with Crippen molar-refractivity contribution in [3.8, 4) is 11.5 Å². The number of aromatic nitrogens is 2. The van der Waals surface area contributed by atoms with E-state index in [1.54, 1.807) is 6.20 Å². The number of para-hydroxylation sites is 1. The summed E-state index contributed by atoms with van der Waals surface area (Å²) < 4.78 is 5.99. The van der Waals surface area contributed by atoms with E-state index in [2.05, 4.69) is 21.4 Å². The van der Waals surface area contributed by atoms with Gasteiger partial charge >= 0.3 is 0 Å². The molecule has 0 unspecified atom stereocenters. The van der Waals surface area contributed by atoms with Crippen molar-refractivity contribution in [3.63, 3.8) is 0 Å². The van der Waals surface area contributed by atoms with Crippen LogP contribution >= 0.6 is 0 Å². The molecule has 0 saturated heterocycles. The number of hydrogen-bond acceptors (Lipinski definition) is 4. The molecule has 0 saturated carbocycles. The van der Waals surface area contributed by atoms with Gasteiger partial charge in [0.05, 0.1) is 0 Å². The first kappa shape index (κ1) is 13.4. The van der Waals surface area contributed by atoms with Crippen LogP contribution in [0.5, 0.6) is 11.5 Å². The highest BCUT2D eigenvalue weighted by Crippen LogP contribution is 2.29. The maximum atomic E-state index is 5.99. The first-order valence-electron chi connectivity index (χ1n) is 7.00. The predicted molar refractivity (Wildman–Crippen MR) is 85.0 cm³/mol. The maximum absolute atomic E-state index is 5.99. The molecule has 1 aromatic carbocycles. The van der Waals surface area contributed by atoms with Crippen LogP contribution in [0.3, 0.4) is 0 Å². The van der Waals surface area contributed by atoms with Crippen LogP contribution < -0.4 is 10.1 Å². The van der Waals surface area contributed by atoms with Gasteiger partial charge in [-0.2, -0.15) is 0 Å². The fraction of sp³-hybridized carbons (Fsp3) is 0.176. The fourth-order valence-electron chi connectivity index (χ4n) is 2.18. The molecular formula is C17H17N3O. The van der Waals surface area contributed by atoms with Crippen molar-refractivity contribution in [3.05, 3.63) is 54.4 Å². The molecule has 0 fully saturated rings. The molecule has 21 heavy (non-hydrogen) atoms. The fourth-order valence-corrected chi connectivity index (χ4v) is 2.18. The summed E-state index contributed by atoms with van der Waals surface area (Å²) in [6, 6.07) is 13.7. The van der Waals surface area contributed by atoms with Gasteiger partial charge in [0.15, 0.2) is 5.75 Å². The van der Waals surface area contributed by atoms with Crippen molar-refractivity contribution in [2.24, 2.45) is 0 Å². The second-order valence-corrected chi connectivity index (χ2v) is 4.79. The van der Waals surface area contributed by atoms with Crippen LogP contribution in [0.15, 0.2) is 48.7 Å². The molecule has 1 N–H and O–H groups in total. The molecule has 0 radical (unpaired) electrons. The number of benzene rings is 1. The molecule has 0 amide bonds. The van der Waals surface area contributed by atoms with Crippen LogP contribution in [-0.2, 0) is 0 Å². The molecule has 2 heterocycles. The number of rotatable bonds is 4. The van der Waals surface area contributed by atoms with Crippen LogP contribution in [0.1, 0.15) is 12.6 Å². The zero-order valence-corrected chi connectivity index (χ0v) is 12.1. The molecular weight excluding hydrogens is 262 g/mol. The first-order chi connectivity index (χ1) is 10.3. The van der Waals surface area contributed by atoms with E-state index in [9.17, 15) is 0 Å². The van der Waals surface area contributed by atoms with Gasteiger partial charge in [0.2, 0.25) is 0 Å². The third kappa shape index (κ3) is 2.94. The highest BCUT2D eigenvalue weighted by atomic mass is 16.5. The Balaban J connectivity index is 1.98. The third-order valence-corrected chi connectivity index (χ3v) is 3.14. The molecule has 0 atom stereocenters. The van der Waals surface area contributed by atoms with Crippen LogP contribution in [0, 0.1) is 6.92 Å². The minimum atomic E-state index is 0.747. The lowest BCUT2D eigenvalue weighted by Crippen LogP contribution is -1.99. The van der Waals surface area contributed by atoms with E-state index in [-0.39, 0.29) is 0 Å². The van der Waals surface area contributed by atoms with E-state index in [4.69, 9.17) is 4.74 Å². The quantitative estimate of drug-likeness (QED) is 0.779. The number of nitrogens with one attached hydrogen (secondary N) is 1. The van der Waals surface area contributed by atoms with Crippen molar-refractivity contribution >= 4 is 16.7 Å². The van der Waals surface area contributed by atoms with Crippen molar-refractivity contribution in [2.75, 3.05) is 11.9 Å². The standard InChI is InChI=1S/C17H17N3O/c1-3-18-16-11-14(9-10-19-16)21-15-6-4-5-13-8-7-12(2)20-17(13)15/h4-11H,3H2,1-2H3,(H,18,19).